The summed E-state index contributed by atoms with van der Waals surface area (Å²) in [5, 5.41) is 0. The summed E-state index contributed by atoms with van der Waals surface area (Å²) in [6.45, 7) is 5.19. The maximum absolute atomic E-state index is 12.4. The van der Waals surface area contributed by atoms with Gasteiger partial charge in [-0.2, -0.15) is 0 Å². The number of hydrogen-bond donors (Lipinski definition) is 0. The molecule has 1 amide bonds. The molecule has 1 heterocycles. The molecule has 1 fully saturated rings. The fourth-order valence-electron chi connectivity index (χ4n) is 2.73. The number of thiocarbonyl (C=S) groups is 1. The van der Waals surface area contributed by atoms with E-state index in [0.29, 0.717) is 29.0 Å². The van der Waals surface area contributed by atoms with Gasteiger partial charge in [0.25, 0.3) is 5.91 Å². The number of benzene rings is 2. The largest absolute Gasteiger partial charge is 0.497 e. The summed E-state index contributed by atoms with van der Waals surface area (Å²) in [7, 11) is 1.63. The van der Waals surface area contributed by atoms with E-state index in [1.54, 1.807) is 18.1 Å². The minimum atomic E-state index is -0.0822. The first-order valence-electron chi connectivity index (χ1n) is 9.46. The predicted octanol–water partition coefficient (Wildman–Crippen LogP) is 4.93. The minimum Gasteiger partial charge on any atom is -0.497 e. The molecule has 2 aromatic rings. The summed E-state index contributed by atoms with van der Waals surface area (Å²) in [5.41, 5.74) is 0.919. The van der Waals surface area contributed by atoms with Crippen molar-refractivity contribution in [3.63, 3.8) is 0 Å². The zero-order chi connectivity index (χ0) is 21.3. The molecule has 0 aromatic heterocycles. The first-order chi connectivity index (χ1) is 14.6. The van der Waals surface area contributed by atoms with Crippen molar-refractivity contribution in [3.05, 3.63) is 71.7 Å². The maximum atomic E-state index is 12.4. The van der Waals surface area contributed by atoms with Crippen molar-refractivity contribution in [2.24, 2.45) is 0 Å². The molecule has 1 aliphatic heterocycles. The van der Waals surface area contributed by atoms with Gasteiger partial charge >= 0.3 is 0 Å². The standard InChI is InChI=1S/C23H23NO4S2/c1-3-12-24-22(25)21(30-23(24)29)15-17-8-10-18(11-9-17)27-13-5-14-28-20-7-4-6-19(16-20)26-2/h3-4,6-11,15-16H,1,5,12-14H2,2H3. The number of methoxy groups -OCH3 is 1. The van der Waals surface area contributed by atoms with Crippen molar-refractivity contribution in [2.75, 3.05) is 26.9 Å². The molecule has 1 saturated heterocycles. The topological polar surface area (TPSA) is 48.0 Å². The highest BCUT2D eigenvalue weighted by Gasteiger charge is 2.30. The van der Waals surface area contributed by atoms with Crippen molar-refractivity contribution in [3.8, 4) is 17.2 Å². The molecule has 5 nitrogen and oxygen atoms in total. The van der Waals surface area contributed by atoms with Gasteiger partial charge in [-0.3, -0.25) is 9.69 Å². The molecule has 156 valence electrons. The van der Waals surface area contributed by atoms with Crippen molar-refractivity contribution in [1.82, 2.24) is 4.90 Å². The Labute approximate surface area is 186 Å². The van der Waals surface area contributed by atoms with Gasteiger partial charge in [-0.1, -0.05) is 48.3 Å². The van der Waals surface area contributed by atoms with Crippen molar-refractivity contribution in [1.29, 1.82) is 0 Å². The molecule has 0 spiro atoms. The second-order valence-electron chi connectivity index (χ2n) is 6.38. The predicted molar refractivity (Wildman–Crippen MR) is 125 cm³/mol. The number of hydrogen-bond acceptors (Lipinski definition) is 6. The van der Waals surface area contributed by atoms with Crippen LogP contribution in [0.2, 0.25) is 0 Å². The van der Waals surface area contributed by atoms with E-state index < -0.39 is 0 Å². The van der Waals surface area contributed by atoms with E-state index in [-0.39, 0.29) is 5.91 Å². The van der Waals surface area contributed by atoms with Crippen molar-refractivity contribution in [2.45, 2.75) is 6.42 Å². The zero-order valence-electron chi connectivity index (χ0n) is 16.7. The van der Waals surface area contributed by atoms with Crippen LogP contribution >= 0.6 is 24.0 Å². The second-order valence-corrected chi connectivity index (χ2v) is 8.06. The summed E-state index contributed by atoms with van der Waals surface area (Å²) in [6, 6.07) is 15.1. The smallest absolute Gasteiger partial charge is 0.266 e. The highest BCUT2D eigenvalue weighted by Crippen LogP contribution is 2.32. The number of nitrogens with zero attached hydrogens (tertiary/aromatic N) is 1. The van der Waals surface area contributed by atoms with E-state index in [0.717, 1.165) is 29.2 Å². The van der Waals surface area contributed by atoms with Gasteiger partial charge in [-0.05, 0) is 35.9 Å². The molecule has 0 atom stereocenters. The molecule has 30 heavy (non-hydrogen) atoms. The highest BCUT2D eigenvalue weighted by atomic mass is 32.2. The Balaban J connectivity index is 1.45. The Morgan fingerprint density at radius 2 is 1.77 bits per heavy atom. The van der Waals surface area contributed by atoms with Gasteiger partial charge in [0.05, 0.1) is 25.2 Å². The minimum absolute atomic E-state index is 0.0822. The Morgan fingerprint density at radius 3 is 2.47 bits per heavy atom. The fourth-order valence-corrected chi connectivity index (χ4v) is 4.00. The van der Waals surface area contributed by atoms with Crippen LogP contribution in [-0.4, -0.2) is 42.0 Å². The van der Waals surface area contributed by atoms with Crippen molar-refractivity contribution < 1.29 is 19.0 Å². The normalized spacial score (nSPS) is 14.8. The van der Waals surface area contributed by atoms with Crippen LogP contribution < -0.4 is 14.2 Å². The SMILES string of the molecule is C=CCN1C(=O)C(=Cc2ccc(OCCCOc3cccc(OC)c3)cc2)SC1=S. The van der Waals surface area contributed by atoms with Gasteiger partial charge in [0, 0.05) is 19.0 Å². The van der Waals surface area contributed by atoms with E-state index in [2.05, 4.69) is 6.58 Å². The molecule has 0 aliphatic carbocycles. The Morgan fingerprint density at radius 1 is 1.07 bits per heavy atom. The molecule has 0 bridgehead atoms. The Bertz CT molecular complexity index is 940. The monoisotopic (exact) mass is 441 g/mol. The lowest BCUT2D eigenvalue weighted by molar-refractivity contribution is -0.121. The third-order valence-electron chi connectivity index (χ3n) is 4.23. The first kappa shape index (κ1) is 21.9. The third kappa shape index (κ3) is 5.87. The van der Waals surface area contributed by atoms with Gasteiger partial charge in [-0.25, -0.2) is 0 Å². The second kappa shape index (κ2) is 10.8. The number of carbonyl (C=O) groups is 1. The van der Waals surface area contributed by atoms with Crippen molar-refractivity contribution >= 4 is 40.3 Å². The highest BCUT2D eigenvalue weighted by molar-refractivity contribution is 8.26. The lowest BCUT2D eigenvalue weighted by atomic mass is 10.2. The van der Waals surface area contributed by atoms with Crippen LogP contribution in [0.25, 0.3) is 6.08 Å². The van der Waals surface area contributed by atoms with Gasteiger partial charge in [0.2, 0.25) is 0 Å². The maximum Gasteiger partial charge on any atom is 0.266 e. The molecule has 2 aromatic carbocycles. The van der Waals surface area contributed by atoms with Gasteiger partial charge < -0.3 is 14.2 Å². The molecule has 1 aliphatic rings. The third-order valence-corrected chi connectivity index (χ3v) is 5.61. The summed E-state index contributed by atoms with van der Waals surface area (Å²) < 4.78 is 17.2. The molecule has 0 saturated carbocycles. The van der Waals surface area contributed by atoms with Crippen LogP contribution in [0.15, 0.2) is 66.1 Å². The molecular formula is C23H23NO4S2. The fraction of sp³-hybridized carbons (Fsp3) is 0.217. The summed E-state index contributed by atoms with van der Waals surface area (Å²) in [5.74, 6) is 2.23. The molecule has 0 radical (unpaired) electrons. The Hall–Kier alpha value is -2.77. The average Bonchev–Trinajstić information content (AvgIpc) is 3.02. The van der Waals surface area contributed by atoms with Gasteiger partial charge in [0.15, 0.2) is 0 Å². The lowest BCUT2D eigenvalue weighted by Gasteiger charge is -2.10. The van der Waals surface area contributed by atoms with E-state index in [4.69, 9.17) is 26.4 Å². The molecule has 0 N–H and O–H groups in total. The summed E-state index contributed by atoms with van der Waals surface area (Å²) >= 11 is 6.56. The summed E-state index contributed by atoms with van der Waals surface area (Å²) in [6.07, 6.45) is 4.26. The lowest BCUT2D eigenvalue weighted by Crippen LogP contribution is -2.27. The van der Waals surface area contributed by atoms with E-state index in [1.807, 2.05) is 54.6 Å². The number of rotatable bonds is 10. The number of ether oxygens (including phenoxy) is 3. The van der Waals surface area contributed by atoms with E-state index >= 15 is 0 Å². The van der Waals surface area contributed by atoms with Crippen LogP contribution in [0.1, 0.15) is 12.0 Å². The number of thioether (sulfide) groups is 1. The van der Waals surface area contributed by atoms with Crippen LogP contribution in [0.4, 0.5) is 0 Å². The molecule has 3 rings (SSSR count). The number of amides is 1. The van der Waals surface area contributed by atoms with Crippen LogP contribution in [0.3, 0.4) is 0 Å². The quantitative estimate of drug-likeness (QED) is 0.226. The van der Waals surface area contributed by atoms with Gasteiger partial charge in [0.1, 0.15) is 21.6 Å². The summed E-state index contributed by atoms with van der Waals surface area (Å²) in [4.78, 5) is 14.5. The van der Waals surface area contributed by atoms with Crippen LogP contribution in [-0.2, 0) is 4.79 Å². The van der Waals surface area contributed by atoms with E-state index in [1.165, 1.54) is 11.8 Å². The molecule has 7 heteroatoms. The Kier molecular flexibility index (Phi) is 7.93. The first-order valence-corrected chi connectivity index (χ1v) is 10.7. The molecular weight excluding hydrogens is 418 g/mol. The van der Waals surface area contributed by atoms with Crippen LogP contribution in [0, 0.1) is 0 Å². The number of carbonyl (C=O) groups excluding carboxylic acids is 1. The molecule has 0 unspecified atom stereocenters. The average molecular weight is 442 g/mol. The van der Waals surface area contributed by atoms with E-state index in [9.17, 15) is 4.79 Å². The zero-order valence-corrected chi connectivity index (χ0v) is 18.3. The van der Waals surface area contributed by atoms with Crippen LogP contribution in [0.5, 0.6) is 17.2 Å². The van der Waals surface area contributed by atoms with Gasteiger partial charge in [-0.15, -0.1) is 6.58 Å².